The molecule has 0 spiro atoms. The van der Waals surface area contributed by atoms with Crippen LogP contribution in [-0.2, 0) is 12.8 Å². The Bertz CT molecular complexity index is 1000. The number of allylic oxidation sites excluding steroid dienone is 1. The first-order chi connectivity index (χ1) is 11.7. The van der Waals surface area contributed by atoms with E-state index in [0.717, 1.165) is 0 Å². The molecule has 0 aromatic heterocycles. The Morgan fingerprint density at radius 3 is 2.75 bits per heavy atom. The third kappa shape index (κ3) is 2.00. The first-order valence-corrected chi connectivity index (χ1v) is 9.09. The SMILES string of the molecule is [Li][CH]1C(C)=Cc2c1cc1c(c2-c2cccc3ccccc23)CCC1. The van der Waals surface area contributed by atoms with Gasteiger partial charge in [-0.25, -0.2) is 0 Å². The number of aryl methyl sites for hydroxylation is 1. The minimum atomic E-state index is 0.555. The van der Waals surface area contributed by atoms with Crippen LogP contribution in [0.4, 0.5) is 0 Å². The molecular weight excluding hydrogens is 283 g/mol. The summed E-state index contributed by atoms with van der Waals surface area (Å²) in [5, 5.41) is 2.72. The number of hydrogen-bond donors (Lipinski definition) is 0. The van der Waals surface area contributed by atoms with Gasteiger partial charge in [0, 0.05) is 0 Å². The Balaban J connectivity index is 1.90. The van der Waals surface area contributed by atoms with Crippen molar-refractivity contribution in [3.05, 3.63) is 76.4 Å². The quantitative estimate of drug-likeness (QED) is 0.512. The van der Waals surface area contributed by atoms with Gasteiger partial charge in [-0.15, -0.1) is 0 Å². The van der Waals surface area contributed by atoms with Gasteiger partial charge >= 0.3 is 153 Å². The molecule has 0 amide bonds. The van der Waals surface area contributed by atoms with E-state index in [-0.39, 0.29) is 0 Å². The average Bonchev–Trinajstić information content (AvgIpc) is 3.18. The van der Waals surface area contributed by atoms with Gasteiger partial charge in [0.05, 0.1) is 0 Å². The van der Waals surface area contributed by atoms with Gasteiger partial charge < -0.3 is 0 Å². The number of benzene rings is 3. The summed E-state index contributed by atoms with van der Waals surface area (Å²) in [7, 11) is 0. The number of rotatable bonds is 1. The van der Waals surface area contributed by atoms with E-state index in [4.69, 9.17) is 0 Å². The molecule has 0 bridgehead atoms. The fourth-order valence-corrected chi connectivity index (χ4v) is 4.65. The number of hydrogen-bond acceptors (Lipinski definition) is 0. The molecule has 1 heteroatoms. The Morgan fingerprint density at radius 2 is 1.83 bits per heavy atom. The van der Waals surface area contributed by atoms with E-state index >= 15 is 0 Å². The van der Waals surface area contributed by atoms with E-state index in [9.17, 15) is 0 Å². The van der Waals surface area contributed by atoms with Crippen LogP contribution in [0.25, 0.3) is 28.0 Å². The Hall–Kier alpha value is -1.74. The van der Waals surface area contributed by atoms with Crippen molar-refractivity contribution in [3.63, 3.8) is 0 Å². The van der Waals surface area contributed by atoms with Crippen LogP contribution in [0.3, 0.4) is 0 Å². The van der Waals surface area contributed by atoms with Crippen molar-refractivity contribution < 1.29 is 0 Å². The first kappa shape index (κ1) is 14.6. The van der Waals surface area contributed by atoms with Crippen LogP contribution in [0.15, 0.2) is 54.1 Å². The van der Waals surface area contributed by atoms with E-state index in [1.165, 1.54) is 57.9 Å². The summed E-state index contributed by atoms with van der Waals surface area (Å²) in [5.41, 5.74) is 10.6. The van der Waals surface area contributed by atoms with Crippen molar-refractivity contribution in [2.45, 2.75) is 30.8 Å². The fraction of sp³-hybridized carbons (Fsp3) is 0.217. The minimum absolute atomic E-state index is 0.555. The Kier molecular flexibility index (Phi) is 3.27. The second kappa shape index (κ2) is 5.38. The first-order valence-electron chi connectivity index (χ1n) is 9.09. The molecule has 0 radical (unpaired) electrons. The summed E-state index contributed by atoms with van der Waals surface area (Å²) in [4.78, 5) is 0. The standard InChI is InChI=1S/C23H19.Li/c1-15-12-18-14-17-8-5-10-20(17)23(22(18)13-15)21-11-4-7-16-6-2-3-9-19(16)21;/h2-4,6-7,9,11-14H,5,8,10H2,1H3;. The second-order valence-corrected chi connectivity index (χ2v) is 7.38. The van der Waals surface area contributed by atoms with E-state index in [1.807, 2.05) is 0 Å². The molecule has 2 aliphatic rings. The summed E-state index contributed by atoms with van der Waals surface area (Å²) in [6.07, 6.45) is 6.21. The molecule has 0 N–H and O–H groups in total. The molecule has 3 aromatic carbocycles. The molecule has 0 heterocycles. The Labute approximate surface area is 152 Å². The molecule has 0 aliphatic heterocycles. The van der Waals surface area contributed by atoms with E-state index in [1.54, 1.807) is 11.1 Å². The summed E-state index contributed by atoms with van der Waals surface area (Å²) in [5.74, 6) is 0. The van der Waals surface area contributed by atoms with Crippen LogP contribution < -0.4 is 0 Å². The van der Waals surface area contributed by atoms with Crippen LogP contribution in [0.2, 0.25) is 0 Å². The third-order valence-corrected chi connectivity index (χ3v) is 6.05. The maximum atomic E-state index is 2.50. The van der Waals surface area contributed by atoms with Gasteiger partial charge in [0.1, 0.15) is 0 Å². The summed E-state index contributed by atoms with van der Waals surface area (Å²) >= 11 is 2.35. The van der Waals surface area contributed by atoms with Gasteiger partial charge in [-0.2, -0.15) is 0 Å². The fourth-order valence-electron chi connectivity index (χ4n) is 4.65. The predicted molar refractivity (Wildman–Crippen MR) is 104 cm³/mol. The van der Waals surface area contributed by atoms with Crippen molar-refractivity contribution in [1.29, 1.82) is 0 Å². The van der Waals surface area contributed by atoms with Crippen molar-refractivity contribution in [2.24, 2.45) is 0 Å². The predicted octanol–water partition coefficient (Wildman–Crippen LogP) is 5.62. The normalized spacial score (nSPS) is 18.6. The van der Waals surface area contributed by atoms with Crippen molar-refractivity contribution in [1.82, 2.24) is 0 Å². The topological polar surface area (TPSA) is 0 Å². The Morgan fingerprint density at radius 1 is 1.00 bits per heavy atom. The molecule has 0 saturated carbocycles. The molecule has 1 unspecified atom stereocenters. The zero-order valence-corrected chi connectivity index (χ0v) is 14.4. The second-order valence-electron chi connectivity index (χ2n) is 7.38. The van der Waals surface area contributed by atoms with Crippen LogP contribution in [0.5, 0.6) is 0 Å². The maximum absolute atomic E-state index is 2.50. The monoisotopic (exact) mass is 302 g/mol. The van der Waals surface area contributed by atoms with Crippen LogP contribution in [0, 0.1) is 0 Å². The van der Waals surface area contributed by atoms with E-state index < -0.39 is 0 Å². The molecule has 2 aliphatic carbocycles. The van der Waals surface area contributed by atoms with Crippen LogP contribution in [-0.4, -0.2) is 17.7 Å². The summed E-state index contributed by atoms with van der Waals surface area (Å²) < 4.78 is 0.555. The van der Waals surface area contributed by atoms with Crippen molar-refractivity contribution >= 4 is 34.6 Å². The molecule has 0 fully saturated rings. The molecule has 24 heavy (non-hydrogen) atoms. The molecular formula is C23H19Li. The molecule has 0 nitrogen and oxygen atoms in total. The molecule has 112 valence electrons. The number of fused-ring (bicyclic) bond motifs is 3. The van der Waals surface area contributed by atoms with Gasteiger partial charge in [-0.05, 0) is 0 Å². The zero-order valence-electron chi connectivity index (χ0n) is 14.4. The summed E-state index contributed by atoms with van der Waals surface area (Å²) in [6, 6.07) is 18.1. The van der Waals surface area contributed by atoms with Crippen molar-refractivity contribution in [2.75, 3.05) is 0 Å². The van der Waals surface area contributed by atoms with E-state index in [0.29, 0.717) is 4.59 Å². The van der Waals surface area contributed by atoms with Gasteiger partial charge in [-0.3, -0.25) is 0 Å². The van der Waals surface area contributed by atoms with Gasteiger partial charge in [0.2, 0.25) is 0 Å². The third-order valence-electron chi connectivity index (χ3n) is 6.05. The molecule has 5 rings (SSSR count). The molecule has 1 atom stereocenters. The van der Waals surface area contributed by atoms with Crippen LogP contribution >= 0.6 is 0 Å². The average molecular weight is 302 g/mol. The molecule has 0 saturated heterocycles. The van der Waals surface area contributed by atoms with Gasteiger partial charge in [0.15, 0.2) is 0 Å². The van der Waals surface area contributed by atoms with Gasteiger partial charge in [0.25, 0.3) is 0 Å². The van der Waals surface area contributed by atoms with Crippen molar-refractivity contribution in [3.8, 4) is 11.1 Å². The zero-order chi connectivity index (χ0) is 16.3. The summed E-state index contributed by atoms with van der Waals surface area (Å²) in [6.45, 7) is 2.28. The molecule has 3 aromatic rings. The van der Waals surface area contributed by atoms with Gasteiger partial charge in [-0.1, -0.05) is 0 Å². The van der Waals surface area contributed by atoms with Crippen LogP contribution in [0.1, 0.15) is 40.2 Å². The van der Waals surface area contributed by atoms with E-state index in [2.05, 4.69) is 79.2 Å².